The maximum absolute atomic E-state index is 16.7. The first-order valence-electron chi connectivity index (χ1n) is 29.2. The van der Waals surface area contributed by atoms with Gasteiger partial charge in [-0.1, -0.05) is 0 Å². The molecule has 38 rings (SSSR count). The van der Waals surface area contributed by atoms with Crippen LogP contribution in [-0.4, -0.2) is 11.6 Å². The summed E-state index contributed by atoms with van der Waals surface area (Å²) in [4.78, 5) is 16.7. The predicted molar refractivity (Wildman–Crippen MR) is 327 cm³/mol. The summed E-state index contributed by atoms with van der Waals surface area (Å²) in [6.07, 6.45) is 0. The predicted octanol–water partition coefficient (Wildman–Crippen LogP) is 20.2. The Hall–Kier alpha value is -9.37. The Morgan fingerprint density at radius 1 is 0.218 bits per heavy atom. The molecule has 0 saturated heterocycles. The highest BCUT2D eigenvalue weighted by Crippen LogP contribution is 2.92. The fourth-order valence-corrected chi connectivity index (χ4v) is 28.9. The first kappa shape index (κ1) is 28.7. The molecule has 5 aliphatic carbocycles. The summed E-state index contributed by atoms with van der Waals surface area (Å²) >= 11 is 0. The standard InChI is InChI=1S/C76H10O2/c1-74(2,3)78-73(77)72-75-68-60-52-42-32-25-16-10-4-5-7-9-8-6(4)12-19-14(8)23-24-15(9)20-13(7)22-18(11(5)16)27-33(25)43(42)53-47-37(27)29(22)39-31(20)41-35(24)45-44-34(23)40-30(19)38-28-21(12)17(10)26(32)36(28)46(52)56-50(38)58-48(40)54(44)62-63-55(45)49(41)59-51(39)57(47)65(69(75)61(53)60)67(59)71(63)76(72,75)70(62)66(58)64(56)68/h72H,1-3H3. The van der Waals surface area contributed by atoms with E-state index >= 15 is 4.79 Å². The zero-order valence-electron chi connectivity index (χ0n) is 40.4. The highest BCUT2D eigenvalue weighted by molar-refractivity contribution is 6.84. The highest BCUT2D eigenvalue weighted by Gasteiger charge is 2.89. The van der Waals surface area contributed by atoms with E-state index in [1.54, 1.807) is 367 Å². The molecule has 78 heavy (non-hydrogen) atoms. The van der Waals surface area contributed by atoms with Gasteiger partial charge in [-0.15, -0.1) is 0 Å². The third-order valence-corrected chi connectivity index (χ3v) is 28.6. The number of ether oxygens (including phenoxy) is 1. The van der Waals surface area contributed by atoms with Gasteiger partial charge in [0, 0.05) is 0 Å². The molecule has 33 aromatic carbocycles. The van der Waals surface area contributed by atoms with Crippen LogP contribution in [0, 0.1) is 5.92 Å². The molecule has 1 saturated carbocycles. The maximum atomic E-state index is 16.7. The average Bonchev–Trinajstić information content (AvgIpc) is 1.43. The van der Waals surface area contributed by atoms with Gasteiger partial charge in [-0.2, -0.15) is 0 Å². The van der Waals surface area contributed by atoms with Crippen molar-refractivity contribution in [3.05, 3.63) is 22.3 Å². The summed E-state index contributed by atoms with van der Waals surface area (Å²) in [6.45, 7) is 6.38. The molecule has 2 nitrogen and oxygen atoms in total. The lowest BCUT2D eigenvalue weighted by molar-refractivity contribution is -0.157. The van der Waals surface area contributed by atoms with Gasteiger partial charge in [0.2, 0.25) is 0 Å². The quantitative estimate of drug-likeness (QED) is 0.0931. The molecule has 33 aromatic rings. The average molecular weight is 955 g/mol. The van der Waals surface area contributed by atoms with Crippen molar-refractivity contribution in [2.24, 2.45) is 5.92 Å². The lowest BCUT2D eigenvalue weighted by Gasteiger charge is -2.32. The van der Waals surface area contributed by atoms with Crippen LogP contribution in [0.3, 0.4) is 0 Å². The van der Waals surface area contributed by atoms with Gasteiger partial charge in [0.25, 0.3) is 0 Å². The van der Waals surface area contributed by atoms with Crippen LogP contribution in [0.2, 0.25) is 0 Å². The van der Waals surface area contributed by atoms with Crippen LogP contribution in [0.1, 0.15) is 43.0 Å². The third-order valence-electron chi connectivity index (χ3n) is 28.6. The van der Waals surface area contributed by atoms with Gasteiger partial charge in [-0.25, -0.2) is 0 Å². The van der Waals surface area contributed by atoms with Crippen LogP contribution < -0.4 is 0 Å². The van der Waals surface area contributed by atoms with E-state index in [0.717, 1.165) is 0 Å². The summed E-state index contributed by atoms with van der Waals surface area (Å²) in [5.41, 5.74) is 4.48. The maximum Gasteiger partial charge on any atom is 0.312 e. The first-order valence-corrected chi connectivity index (χ1v) is 29.2. The molecule has 1 fully saturated rings. The molecule has 0 radical (unpaired) electrons. The van der Waals surface area contributed by atoms with Crippen molar-refractivity contribution < 1.29 is 9.53 Å². The van der Waals surface area contributed by atoms with Crippen LogP contribution in [-0.2, 0) is 20.4 Å². The second-order valence-corrected chi connectivity index (χ2v) is 30.1. The van der Waals surface area contributed by atoms with E-state index < -0.39 is 16.4 Å². The number of carbonyl (C=O) groups excluding carboxylic acids is 1. The molecular weight excluding hydrogens is 945 g/mol. The van der Waals surface area contributed by atoms with E-state index in [4.69, 9.17) is 4.74 Å². The zero-order chi connectivity index (χ0) is 46.6. The number of carbonyl (C=O) groups is 1. The number of rotatable bonds is 1. The van der Waals surface area contributed by atoms with Crippen molar-refractivity contribution in [3.8, 4) is 0 Å². The van der Waals surface area contributed by atoms with Gasteiger partial charge in [0.15, 0.2) is 0 Å². The fraction of sp³-hybridized carbons (Fsp3) is 0.0921. The Morgan fingerprint density at radius 3 is 0.423 bits per heavy atom. The number of hydrogen-bond acceptors (Lipinski definition) is 2. The Balaban J connectivity index is 1.13. The molecular formula is C76H10O2. The van der Waals surface area contributed by atoms with E-state index in [1.807, 2.05) is 0 Å². The second-order valence-electron chi connectivity index (χ2n) is 30.1. The molecule has 2 spiro atoms. The minimum Gasteiger partial charge on any atom is -0.460 e. The van der Waals surface area contributed by atoms with Crippen molar-refractivity contribution in [1.29, 1.82) is 0 Å². The van der Waals surface area contributed by atoms with Gasteiger partial charge in [0.05, 0.1) is 16.7 Å². The van der Waals surface area contributed by atoms with E-state index in [9.17, 15) is 0 Å². The smallest absolute Gasteiger partial charge is 0.312 e. The summed E-state index contributed by atoms with van der Waals surface area (Å²) in [5, 5.41) is 102. The van der Waals surface area contributed by atoms with Crippen LogP contribution in [0.4, 0.5) is 0 Å². The van der Waals surface area contributed by atoms with Gasteiger partial charge in [-0.3, -0.25) is 4.79 Å². The number of esters is 1. The Kier molecular flexibility index (Phi) is 2.29. The largest absolute Gasteiger partial charge is 0.460 e. The Bertz CT molecular complexity index is 8390. The third kappa shape index (κ3) is 1.46. The minimum absolute atomic E-state index is 0.0347. The molecule has 0 amide bonds. The van der Waals surface area contributed by atoms with Gasteiger partial charge >= 0.3 is 5.97 Å². The normalized spacial score (nSPS) is 23.1. The number of benzene rings is 23. The first-order chi connectivity index (χ1) is 38.5. The second kappa shape index (κ2) is 6.22. The Morgan fingerprint density at radius 2 is 0.321 bits per heavy atom. The van der Waals surface area contributed by atoms with Crippen LogP contribution >= 0.6 is 0 Å². The molecule has 1 atom stereocenters. The molecule has 0 aliphatic heterocycles. The highest BCUT2D eigenvalue weighted by atomic mass is 16.6. The summed E-state index contributed by atoms with van der Waals surface area (Å²) < 4.78 is 7.09. The van der Waals surface area contributed by atoms with Crippen LogP contribution in [0.15, 0.2) is 0 Å². The summed E-state index contributed by atoms with van der Waals surface area (Å²) in [5.74, 6) is -0.316. The summed E-state index contributed by atoms with van der Waals surface area (Å²) in [6, 6.07) is 0. The van der Waals surface area contributed by atoms with Gasteiger partial charge < -0.3 is 4.74 Å². The van der Waals surface area contributed by atoms with Crippen molar-refractivity contribution in [3.63, 3.8) is 0 Å². The molecule has 1 unspecified atom stereocenters. The van der Waals surface area contributed by atoms with E-state index in [1.165, 1.54) is 0 Å². The van der Waals surface area contributed by atoms with Crippen molar-refractivity contribution in [2.45, 2.75) is 37.2 Å². The molecule has 0 bridgehead atoms. The van der Waals surface area contributed by atoms with Crippen molar-refractivity contribution >= 4 is 351 Å². The van der Waals surface area contributed by atoms with E-state index in [-0.39, 0.29) is 11.9 Å². The molecule has 326 valence electrons. The van der Waals surface area contributed by atoms with Crippen molar-refractivity contribution in [1.82, 2.24) is 0 Å². The number of hydrogen-bond donors (Lipinski definition) is 0. The molecule has 0 heterocycles. The lowest BCUT2D eigenvalue weighted by Crippen LogP contribution is -2.27. The lowest BCUT2D eigenvalue weighted by atomic mass is 9.68. The monoisotopic (exact) mass is 954 g/mol. The minimum atomic E-state index is -0.626. The van der Waals surface area contributed by atoms with E-state index in [0.29, 0.717) is 0 Å². The topological polar surface area (TPSA) is 26.3 Å². The van der Waals surface area contributed by atoms with Crippen molar-refractivity contribution in [2.75, 3.05) is 0 Å². The fourth-order valence-electron chi connectivity index (χ4n) is 28.9. The Labute approximate surface area is 423 Å². The SMILES string of the molecule is CC(C)(C)OC(=O)C1C23c4c5c6c7c8c9c(c%10c%11c2c2c4c4c%12c5c5c6c6c8c8c%13c9c9c%10c%10c%11c%11c2c2c4c4c%14c%12c%12c5c5c6c8c6c8c%13c9c9c%10c%10c%11c%11c2c4c2c4c%14c%12c%12c5c6c5c6c8c9c8c%10c%11c2c(c86)c4c%125)C713. The van der Waals surface area contributed by atoms with Crippen LogP contribution in [0.5, 0.6) is 0 Å². The van der Waals surface area contributed by atoms with Gasteiger partial charge in [0.1, 0.15) is 5.60 Å². The molecule has 2 heteroatoms. The molecule has 5 aliphatic rings. The molecule has 0 aromatic heterocycles. The zero-order valence-corrected chi connectivity index (χ0v) is 40.4. The summed E-state index contributed by atoms with van der Waals surface area (Å²) in [7, 11) is 0. The van der Waals surface area contributed by atoms with E-state index in [2.05, 4.69) is 20.8 Å². The molecule has 0 N–H and O–H groups in total. The van der Waals surface area contributed by atoms with Gasteiger partial charge in [-0.05, 0) is 388 Å². The van der Waals surface area contributed by atoms with Crippen LogP contribution in [0.25, 0.3) is 345 Å².